The lowest BCUT2D eigenvalue weighted by Crippen LogP contribution is -2.48. The molecule has 0 aliphatic carbocycles. The standard InChI is InChI=1S/C16H16FN3O3/c1-11(22)20-9-14(13-3-2-12(17)8-15(13)20)16(23)19-6-4-18(10-21)5-7-19/h2-3,8-10H,4-7H2,1H3. The predicted molar refractivity (Wildman–Crippen MR) is 81.7 cm³/mol. The number of aromatic nitrogens is 1. The van der Waals surface area contributed by atoms with Crippen LogP contribution < -0.4 is 0 Å². The first-order chi connectivity index (χ1) is 11.0. The van der Waals surface area contributed by atoms with Gasteiger partial charge in [0.15, 0.2) is 0 Å². The van der Waals surface area contributed by atoms with Crippen LogP contribution in [-0.4, -0.2) is 58.8 Å². The Kier molecular flexibility index (Phi) is 3.85. The topological polar surface area (TPSA) is 62.6 Å². The molecule has 6 nitrogen and oxygen atoms in total. The average molecular weight is 317 g/mol. The molecule has 0 radical (unpaired) electrons. The van der Waals surface area contributed by atoms with E-state index in [9.17, 15) is 18.8 Å². The van der Waals surface area contributed by atoms with Crippen molar-refractivity contribution in [2.24, 2.45) is 0 Å². The van der Waals surface area contributed by atoms with Crippen LogP contribution in [0.15, 0.2) is 24.4 Å². The number of hydrogen-bond acceptors (Lipinski definition) is 3. The fourth-order valence-corrected chi connectivity index (χ4v) is 2.83. The molecule has 2 heterocycles. The Morgan fingerprint density at radius 3 is 2.48 bits per heavy atom. The lowest BCUT2D eigenvalue weighted by Gasteiger charge is -2.32. The number of amides is 2. The second kappa shape index (κ2) is 5.83. The number of carbonyl (C=O) groups is 3. The summed E-state index contributed by atoms with van der Waals surface area (Å²) < 4.78 is 14.8. The summed E-state index contributed by atoms with van der Waals surface area (Å²) in [5.41, 5.74) is 0.752. The first kappa shape index (κ1) is 15.2. The normalized spacial score (nSPS) is 15.0. The molecule has 1 aromatic carbocycles. The fourth-order valence-electron chi connectivity index (χ4n) is 2.83. The number of benzene rings is 1. The van der Waals surface area contributed by atoms with E-state index < -0.39 is 5.82 Å². The van der Waals surface area contributed by atoms with Gasteiger partial charge >= 0.3 is 0 Å². The second-order valence-electron chi connectivity index (χ2n) is 5.53. The maximum Gasteiger partial charge on any atom is 0.256 e. The molecule has 23 heavy (non-hydrogen) atoms. The number of fused-ring (bicyclic) bond motifs is 1. The van der Waals surface area contributed by atoms with Gasteiger partial charge in [0.05, 0.1) is 11.1 Å². The molecule has 0 N–H and O–H groups in total. The highest BCUT2D eigenvalue weighted by atomic mass is 19.1. The largest absolute Gasteiger partial charge is 0.342 e. The summed E-state index contributed by atoms with van der Waals surface area (Å²) in [6.45, 7) is 3.20. The molecular weight excluding hydrogens is 301 g/mol. The van der Waals surface area contributed by atoms with Crippen LogP contribution in [0.4, 0.5) is 4.39 Å². The molecule has 0 atom stereocenters. The summed E-state index contributed by atoms with van der Waals surface area (Å²) in [5.74, 6) is -0.964. The van der Waals surface area contributed by atoms with Gasteiger partial charge in [0.1, 0.15) is 5.82 Å². The second-order valence-corrected chi connectivity index (χ2v) is 5.53. The molecule has 1 aromatic heterocycles. The number of halogens is 1. The van der Waals surface area contributed by atoms with Gasteiger partial charge in [-0.3, -0.25) is 19.0 Å². The molecular formula is C16H16FN3O3. The van der Waals surface area contributed by atoms with Crippen molar-refractivity contribution in [3.8, 4) is 0 Å². The third kappa shape index (κ3) is 2.69. The zero-order valence-electron chi connectivity index (χ0n) is 12.7. The molecule has 1 fully saturated rings. The Morgan fingerprint density at radius 1 is 1.17 bits per heavy atom. The highest BCUT2D eigenvalue weighted by Crippen LogP contribution is 2.24. The Hall–Kier alpha value is -2.70. The number of piperazine rings is 1. The molecule has 2 aromatic rings. The van der Waals surface area contributed by atoms with Gasteiger partial charge in [-0.05, 0) is 18.2 Å². The van der Waals surface area contributed by atoms with E-state index in [0.29, 0.717) is 42.6 Å². The average Bonchev–Trinajstić information content (AvgIpc) is 2.93. The van der Waals surface area contributed by atoms with Gasteiger partial charge < -0.3 is 9.80 Å². The van der Waals surface area contributed by atoms with Crippen molar-refractivity contribution in [1.29, 1.82) is 0 Å². The summed E-state index contributed by atoms with van der Waals surface area (Å²) in [7, 11) is 0. The molecule has 1 saturated heterocycles. The Bertz CT molecular complexity index is 791. The molecule has 7 heteroatoms. The SMILES string of the molecule is CC(=O)n1cc(C(=O)N2CCN(C=O)CC2)c2ccc(F)cc21. The summed E-state index contributed by atoms with van der Waals surface area (Å²) in [5, 5.41) is 0.546. The van der Waals surface area contributed by atoms with Crippen LogP contribution in [0.3, 0.4) is 0 Å². The van der Waals surface area contributed by atoms with Crippen LogP contribution >= 0.6 is 0 Å². The maximum absolute atomic E-state index is 13.5. The van der Waals surface area contributed by atoms with Gasteiger partial charge in [-0.25, -0.2) is 4.39 Å². The zero-order chi connectivity index (χ0) is 16.6. The first-order valence-corrected chi connectivity index (χ1v) is 7.31. The van der Waals surface area contributed by atoms with E-state index in [1.807, 2.05) is 0 Å². The van der Waals surface area contributed by atoms with Crippen molar-refractivity contribution in [3.63, 3.8) is 0 Å². The zero-order valence-corrected chi connectivity index (χ0v) is 12.7. The lowest BCUT2D eigenvalue weighted by atomic mass is 10.1. The Morgan fingerprint density at radius 2 is 1.87 bits per heavy atom. The summed E-state index contributed by atoms with van der Waals surface area (Å²) in [6.07, 6.45) is 2.23. The predicted octanol–water partition coefficient (Wildman–Crippen LogP) is 1.35. The molecule has 1 aliphatic heterocycles. The monoisotopic (exact) mass is 317 g/mol. The van der Waals surface area contributed by atoms with E-state index >= 15 is 0 Å². The van der Waals surface area contributed by atoms with Crippen LogP contribution in [0.25, 0.3) is 10.9 Å². The van der Waals surface area contributed by atoms with Gasteiger partial charge in [-0.15, -0.1) is 0 Å². The van der Waals surface area contributed by atoms with E-state index in [4.69, 9.17) is 0 Å². The molecule has 0 saturated carbocycles. The summed E-state index contributed by atoms with van der Waals surface area (Å²) in [4.78, 5) is 38.5. The van der Waals surface area contributed by atoms with E-state index in [1.54, 1.807) is 9.80 Å². The van der Waals surface area contributed by atoms with Gasteiger partial charge in [0.2, 0.25) is 12.3 Å². The van der Waals surface area contributed by atoms with Crippen molar-refractivity contribution < 1.29 is 18.8 Å². The van der Waals surface area contributed by atoms with Crippen molar-refractivity contribution >= 4 is 29.1 Å². The van der Waals surface area contributed by atoms with Crippen LogP contribution in [-0.2, 0) is 4.79 Å². The maximum atomic E-state index is 13.5. The molecule has 0 unspecified atom stereocenters. The van der Waals surface area contributed by atoms with Crippen LogP contribution in [0, 0.1) is 5.82 Å². The number of hydrogen-bond donors (Lipinski definition) is 0. The number of nitrogens with zero attached hydrogens (tertiary/aromatic N) is 3. The minimum Gasteiger partial charge on any atom is -0.342 e. The van der Waals surface area contributed by atoms with Crippen molar-refractivity contribution in [3.05, 3.63) is 35.8 Å². The fraction of sp³-hybridized carbons (Fsp3) is 0.312. The van der Waals surface area contributed by atoms with Gasteiger partial charge in [0.25, 0.3) is 5.91 Å². The van der Waals surface area contributed by atoms with Gasteiger partial charge in [-0.2, -0.15) is 0 Å². The van der Waals surface area contributed by atoms with E-state index in [1.165, 1.54) is 35.9 Å². The number of rotatable bonds is 2. The minimum atomic E-state index is -0.461. The Balaban J connectivity index is 1.98. The first-order valence-electron chi connectivity index (χ1n) is 7.31. The van der Waals surface area contributed by atoms with E-state index in [0.717, 1.165) is 6.41 Å². The smallest absolute Gasteiger partial charge is 0.256 e. The van der Waals surface area contributed by atoms with Crippen molar-refractivity contribution in [2.45, 2.75) is 6.92 Å². The highest BCUT2D eigenvalue weighted by molar-refractivity contribution is 6.09. The minimum absolute atomic E-state index is 0.216. The molecule has 0 bridgehead atoms. The quantitative estimate of drug-likeness (QED) is 0.786. The van der Waals surface area contributed by atoms with Crippen LogP contribution in [0.5, 0.6) is 0 Å². The molecule has 3 rings (SSSR count). The lowest BCUT2D eigenvalue weighted by molar-refractivity contribution is -0.119. The number of carbonyl (C=O) groups excluding carboxylic acids is 3. The van der Waals surface area contributed by atoms with E-state index in [2.05, 4.69) is 0 Å². The highest BCUT2D eigenvalue weighted by Gasteiger charge is 2.25. The molecule has 1 aliphatic rings. The summed E-state index contributed by atoms with van der Waals surface area (Å²) in [6, 6.07) is 4.03. The van der Waals surface area contributed by atoms with Crippen molar-refractivity contribution in [2.75, 3.05) is 26.2 Å². The van der Waals surface area contributed by atoms with Crippen molar-refractivity contribution in [1.82, 2.24) is 14.4 Å². The third-order valence-electron chi connectivity index (χ3n) is 4.09. The summed E-state index contributed by atoms with van der Waals surface area (Å²) >= 11 is 0. The molecule has 0 spiro atoms. The third-order valence-corrected chi connectivity index (χ3v) is 4.09. The van der Waals surface area contributed by atoms with Crippen LogP contribution in [0.1, 0.15) is 22.1 Å². The molecule has 2 amide bonds. The van der Waals surface area contributed by atoms with E-state index in [-0.39, 0.29) is 11.8 Å². The van der Waals surface area contributed by atoms with Gasteiger partial charge in [0, 0.05) is 44.7 Å². The van der Waals surface area contributed by atoms with Crippen LogP contribution in [0.2, 0.25) is 0 Å². The van der Waals surface area contributed by atoms with Gasteiger partial charge in [-0.1, -0.05) is 0 Å². The molecule has 120 valence electrons. The Labute approximate surface area is 132 Å².